The zero-order chi connectivity index (χ0) is 13.2. The Balaban J connectivity index is 2.05. The molecule has 0 saturated heterocycles. The molecule has 1 N–H and O–H groups in total. The fourth-order valence-corrected chi connectivity index (χ4v) is 1.97. The lowest BCUT2D eigenvalue weighted by molar-refractivity contribution is 0.103. The maximum atomic E-state index is 12.3. The third-order valence-electron chi connectivity index (χ3n) is 2.94. The number of hydrogen-bond donors (Lipinski definition) is 1. The number of hydrogen-bond acceptors (Lipinski definition) is 3. The molecule has 0 amide bonds. The topological polar surface area (TPSA) is 69.5 Å². The molecule has 2 aromatic carbocycles. The minimum Gasteiger partial charge on any atom is -0.345 e. The van der Waals surface area contributed by atoms with E-state index < -0.39 is 0 Å². The molecule has 0 aliphatic rings. The van der Waals surface area contributed by atoms with Crippen molar-refractivity contribution < 1.29 is 4.79 Å². The SMILES string of the molecule is N#Cc1cccc(C(=O)c2ccc3nc[nH]c3c2)c1. The summed E-state index contributed by atoms with van der Waals surface area (Å²) in [5.74, 6) is -0.103. The quantitative estimate of drug-likeness (QED) is 0.708. The number of carbonyl (C=O) groups is 1. The fraction of sp³-hybridized carbons (Fsp3) is 0. The second-order valence-corrected chi connectivity index (χ2v) is 4.16. The Bertz CT molecular complexity index is 811. The van der Waals surface area contributed by atoms with Crippen LogP contribution in [0, 0.1) is 11.3 Å². The summed E-state index contributed by atoms with van der Waals surface area (Å²) in [7, 11) is 0. The first-order chi connectivity index (χ1) is 9.28. The van der Waals surface area contributed by atoms with Crippen LogP contribution < -0.4 is 0 Å². The van der Waals surface area contributed by atoms with Gasteiger partial charge >= 0.3 is 0 Å². The molecule has 1 aromatic heterocycles. The van der Waals surface area contributed by atoms with E-state index in [-0.39, 0.29) is 5.78 Å². The van der Waals surface area contributed by atoms with E-state index in [1.165, 1.54) is 0 Å². The largest absolute Gasteiger partial charge is 0.345 e. The first-order valence-electron chi connectivity index (χ1n) is 5.76. The minimum absolute atomic E-state index is 0.103. The molecule has 0 unspecified atom stereocenters. The van der Waals surface area contributed by atoms with Gasteiger partial charge in [0.1, 0.15) is 0 Å². The number of nitriles is 1. The summed E-state index contributed by atoms with van der Waals surface area (Å²) in [5, 5.41) is 8.85. The van der Waals surface area contributed by atoms with Crippen molar-refractivity contribution in [3.05, 3.63) is 65.5 Å². The van der Waals surface area contributed by atoms with Gasteiger partial charge in [0.05, 0.1) is 29.0 Å². The molecule has 90 valence electrons. The molecular weight excluding hydrogens is 238 g/mol. The molecule has 19 heavy (non-hydrogen) atoms. The van der Waals surface area contributed by atoms with Crippen LogP contribution in [0.1, 0.15) is 21.5 Å². The van der Waals surface area contributed by atoms with Gasteiger partial charge in [0.15, 0.2) is 5.78 Å². The van der Waals surface area contributed by atoms with Crippen LogP contribution in [-0.2, 0) is 0 Å². The zero-order valence-corrected chi connectivity index (χ0v) is 9.92. The number of benzene rings is 2. The van der Waals surface area contributed by atoms with E-state index in [2.05, 4.69) is 9.97 Å². The number of nitrogens with one attached hydrogen (secondary N) is 1. The molecule has 0 radical (unpaired) electrons. The summed E-state index contributed by atoms with van der Waals surface area (Å²) in [6, 6.07) is 14.0. The van der Waals surface area contributed by atoms with Gasteiger partial charge < -0.3 is 4.98 Å². The molecule has 0 atom stereocenters. The van der Waals surface area contributed by atoms with Gasteiger partial charge in [0.2, 0.25) is 0 Å². The van der Waals surface area contributed by atoms with Crippen LogP contribution in [0.15, 0.2) is 48.8 Å². The van der Waals surface area contributed by atoms with E-state index in [0.717, 1.165) is 11.0 Å². The van der Waals surface area contributed by atoms with Gasteiger partial charge in [-0.05, 0) is 30.3 Å². The minimum atomic E-state index is -0.103. The van der Waals surface area contributed by atoms with Crippen molar-refractivity contribution in [3.8, 4) is 6.07 Å². The number of imidazole rings is 1. The number of fused-ring (bicyclic) bond motifs is 1. The number of aromatic amines is 1. The normalized spacial score (nSPS) is 10.3. The number of ketones is 1. The van der Waals surface area contributed by atoms with Crippen LogP contribution in [0.3, 0.4) is 0 Å². The van der Waals surface area contributed by atoms with Gasteiger partial charge in [-0.3, -0.25) is 4.79 Å². The van der Waals surface area contributed by atoms with Crippen molar-refractivity contribution in [3.63, 3.8) is 0 Å². The second kappa shape index (κ2) is 4.39. The Labute approximate surface area is 109 Å². The van der Waals surface area contributed by atoms with Crippen molar-refractivity contribution in [2.24, 2.45) is 0 Å². The van der Waals surface area contributed by atoms with Gasteiger partial charge in [0.25, 0.3) is 0 Å². The van der Waals surface area contributed by atoms with Crippen molar-refractivity contribution in [1.29, 1.82) is 5.26 Å². The highest BCUT2D eigenvalue weighted by molar-refractivity contribution is 6.10. The Kier molecular flexibility index (Phi) is 2.58. The predicted octanol–water partition coefficient (Wildman–Crippen LogP) is 2.67. The summed E-state index contributed by atoms with van der Waals surface area (Å²) in [6.07, 6.45) is 1.59. The van der Waals surface area contributed by atoms with Gasteiger partial charge in [-0.2, -0.15) is 5.26 Å². The fourth-order valence-electron chi connectivity index (χ4n) is 1.97. The molecule has 4 heteroatoms. The summed E-state index contributed by atoms with van der Waals surface area (Å²) >= 11 is 0. The number of carbonyl (C=O) groups excluding carboxylic acids is 1. The van der Waals surface area contributed by atoms with Crippen LogP contribution in [0.4, 0.5) is 0 Å². The summed E-state index contributed by atoms with van der Waals surface area (Å²) < 4.78 is 0. The molecule has 3 aromatic rings. The first-order valence-corrected chi connectivity index (χ1v) is 5.76. The standard InChI is InChI=1S/C15H9N3O/c16-8-10-2-1-3-11(6-10)15(19)12-4-5-13-14(7-12)18-9-17-13/h1-7,9H,(H,17,18). The lowest BCUT2D eigenvalue weighted by atomic mass is 10.0. The van der Waals surface area contributed by atoms with Crippen molar-refractivity contribution in [1.82, 2.24) is 9.97 Å². The highest BCUT2D eigenvalue weighted by Gasteiger charge is 2.10. The van der Waals surface area contributed by atoms with Crippen LogP contribution in [0.2, 0.25) is 0 Å². The third kappa shape index (κ3) is 1.98. The predicted molar refractivity (Wildman–Crippen MR) is 70.7 cm³/mol. The second-order valence-electron chi connectivity index (χ2n) is 4.16. The van der Waals surface area contributed by atoms with E-state index in [4.69, 9.17) is 5.26 Å². The Hall–Kier alpha value is -2.93. The summed E-state index contributed by atoms with van der Waals surface area (Å²) in [6.45, 7) is 0. The average Bonchev–Trinajstić information content (AvgIpc) is 2.94. The van der Waals surface area contributed by atoms with Crippen LogP contribution >= 0.6 is 0 Å². The summed E-state index contributed by atoms with van der Waals surface area (Å²) in [4.78, 5) is 19.4. The molecule has 0 saturated carbocycles. The van der Waals surface area contributed by atoms with Gasteiger partial charge in [0, 0.05) is 11.1 Å². The maximum Gasteiger partial charge on any atom is 0.193 e. The van der Waals surface area contributed by atoms with E-state index in [9.17, 15) is 4.79 Å². The molecule has 0 spiro atoms. The first kappa shape index (κ1) is 11.2. The zero-order valence-electron chi connectivity index (χ0n) is 9.92. The Morgan fingerprint density at radius 1 is 1.16 bits per heavy atom. The highest BCUT2D eigenvalue weighted by atomic mass is 16.1. The molecule has 1 heterocycles. The lowest BCUT2D eigenvalue weighted by Crippen LogP contribution is -2.01. The van der Waals surface area contributed by atoms with Crippen LogP contribution in [0.25, 0.3) is 11.0 Å². The molecule has 0 aliphatic carbocycles. The van der Waals surface area contributed by atoms with Crippen molar-refractivity contribution in [2.75, 3.05) is 0 Å². The van der Waals surface area contributed by atoms with E-state index in [0.29, 0.717) is 16.7 Å². The van der Waals surface area contributed by atoms with E-state index in [1.807, 2.05) is 6.07 Å². The molecular formula is C15H9N3O. The molecule has 3 rings (SSSR count). The third-order valence-corrected chi connectivity index (χ3v) is 2.94. The van der Waals surface area contributed by atoms with Gasteiger partial charge in [-0.1, -0.05) is 12.1 Å². The van der Waals surface area contributed by atoms with Gasteiger partial charge in [-0.25, -0.2) is 4.98 Å². The van der Waals surface area contributed by atoms with Crippen LogP contribution in [0.5, 0.6) is 0 Å². The summed E-state index contributed by atoms with van der Waals surface area (Å²) in [5.41, 5.74) is 3.21. The maximum absolute atomic E-state index is 12.3. The van der Waals surface area contributed by atoms with Crippen molar-refractivity contribution >= 4 is 16.8 Å². The van der Waals surface area contributed by atoms with E-state index >= 15 is 0 Å². The number of H-pyrrole nitrogens is 1. The van der Waals surface area contributed by atoms with E-state index in [1.54, 1.807) is 48.8 Å². The van der Waals surface area contributed by atoms with Gasteiger partial charge in [-0.15, -0.1) is 0 Å². The number of rotatable bonds is 2. The van der Waals surface area contributed by atoms with Crippen LogP contribution in [-0.4, -0.2) is 15.8 Å². The smallest absolute Gasteiger partial charge is 0.193 e. The molecule has 0 aliphatic heterocycles. The average molecular weight is 247 g/mol. The molecule has 0 fully saturated rings. The lowest BCUT2D eigenvalue weighted by Gasteiger charge is -2.01. The Morgan fingerprint density at radius 3 is 2.84 bits per heavy atom. The molecule has 0 bridgehead atoms. The highest BCUT2D eigenvalue weighted by Crippen LogP contribution is 2.16. The number of aromatic nitrogens is 2. The molecule has 4 nitrogen and oxygen atoms in total. The Morgan fingerprint density at radius 2 is 2.00 bits per heavy atom. The van der Waals surface area contributed by atoms with Crippen molar-refractivity contribution in [2.45, 2.75) is 0 Å². The number of nitrogens with zero attached hydrogens (tertiary/aromatic N) is 2. The monoisotopic (exact) mass is 247 g/mol.